The van der Waals surface area contributed by atoms with Crippen molar-refractivity contribution in [2.75, 3.05) is 45.9 Å². The number of carbonyl (C=O) groups is 1. The van der Waals surface area contributed by atoms with Gasteiger partial charge in [-0.25, -0.2) is 0 Å². The fourth-order valence-corrected chi connectivity index (χ4v) is 2.53. The molecule has 19 heavy (non-hydrogen) atoms. The van der Waals surface area contributed by atoms with Crippen LogP contribution < -0.4 is 5.32 Å². The lowest BCUT2D eigenvalue weighted by atomic mass is 10.0. The van der Waals surface area contributed by atoms with E-state index in [0.29, 0.717) is 0 Å². The van der Waals surface area contributed by atoms with E-state index in [4.69, 9.17) is 4.74 Å². The number of piperazine rings is 1. The van der Waals surface area contributed by atoms with Crippen LogP contribution in [-0.2, 0) is 9.53 Å². The molecule has 5 heteroatoms. The molecule has 2 fully saturated rings. The predicted octanol–water partition coefficient (Wildman–Crippen LogP) is 0.308. The van der Waals surface area contributed by atoms with Crippen molar-refractivity contribution in [1.82, 2.24) is 15.1 Å². The van der Waals surface area contributed by atoms with E-state index in [9.17, 15) is 4.79 Å². The van der Waals surface area contributed by atoms with Crippen LogP contribution in [-0.4, -0.2) is 72.7 Å². The molecule has 0 aromatic rings. The summed E-state index contributed by atoms with van der Waals surface area (Å²) >= 11 is 0. The van der Waals surface area contributed by atoms with Crippen LogP contribution in [0.5, 0.6) is 0 Å². The first-order valence-electron chi connectivity index (χ1n) is 7.18. The maximum Gasteiger partial charge on any atom is 0.248 e. The molecule has 110 valence electrons. The van der Waals surface area contributed by atoms with Crippen LogP contribution >= 0.6 is 0 Å². The summed E-state index contributed by atoms with van der Waals surface area (Å²) in [5, 5.41) is 3.17. The monoisotopic (exact) mass is 269 g/mol. The lowest BCUT2D eigenvalue weighted by Gasteiger charge is -2.43. The Hall–Kier alpha value is -0.650. The largest absolute Gasteiger partial charge is 0.363 e. The Morgan fingerprint density at radius 3 is 2.21 bits per heavy atom. The van der Waals surface area contributed by atoms with E-state index in [1.165, 1.54) is 0 Å². The van der Waals surface area contributed by atoms with E-state index in [1.54, 1.807) is 0 Å². The van der Waals surface area contributed by atoms with E-state index in [1.807, 2.05) is 11.8 Å². The van der Waals surface area contributed by atoms with Crippen molar-refractivity contribution in [3.05, 3.63) is 0 Å². The summed E-state index contributed by atoms with van der Waals surface area (Å²) in [6.45, 7) is 14.2. The van der Waals surface area contributed by atoms with Crippen LogP contribution in [0.2, 0.25) is 0 Å². The highest BCUT2D eigenvalue weighted by Gasteiger charge is 2.34. The van der Waals surface area contributed by atoms with Gasteiger partial charge in [0.2, 0.25) is 5.91 Å². The highest BCUT2D eigenvalue weighted by molar-refractivity contribution is 5.77. The second-order valence-corrected chi connectivity index (χ2v) is 6.88. The SMILES string of the molecule is CC1(OCC(=O)N2CCN(C(C)(C)C)CC2)CNC1. The molecule has 0 unspecified atom stereocenters. The maximum atomic E-state index is 12.1. The minimum Gasteiger partial charge on any atom is -0.363 e. The average Bonchev–Trinajstić information content (AvgIpc) is 2.33. The number of hydrogen-bond donors (Lipinski definition) is 1. The van der Waals surface area contributed by atoms with Crippen LogP contribution in [0.4, 0.5) is 0 Å². The first-order valence-corrected chi connectivity index (χ1v) is 7.18. The zero-order valence-electron chi connectivity index (χ0n) is 12.7. The van der Waals surface area contributed by atoms with Gasteiger partial charge in [-0.3, -0.25) is 9.69 Å². The number of rotatable bonds is 3. The van der Waals surface area contributed by atoms with Gasteiger partial charge in [-0.2, -0.15) is 0 Å². The highest BCUT2D eigenvalue weighted by Crippen LogP contribution is 2.17. The van der Waals surface area contributed by atoms with Crippen LogP contribution in [0.1, 0.15) is 27.7 Å². The van der Waals surface area contributed by atoms with Gasteiger partial charge in [-0.15, -0.1) is 0 Å². The van der Waals surface area contributed by atoms with Gasteiger partial charge in [0, 0.05) is 44.8 Å². The van der Waals surface area contributed by atoms with Crippen molar-refractivity contribution < 1.29 is 9.53 Å². The van der Waals surface area contributed by atoms with E-state index in [2.05, 4.69) is 31.0 Å². The number of nitrogens with zero attached hydrogens (tertiary/aromatic N) is 2. The standard InChI is InChI=1S/C14H27N3O2/c1-13(2,3)17-7-5-16(6-8-17)12(18)9-19-14(4)10-15-11-14/h15H,5-11H2,1-4H3. The molecule has 2 saturated heterocycles. The number of carbonyl (C=O) groups excluding carboxylic acids is 1. The highest BCUT2D eigenvalue weighted by atomic mass is 16.5. The van der Waals surface area contributed by atoms with Gasteiger partial charge >= 0.3 is 0 Å². The van der Waals surface area contributed by atoms with Crippen LogP contribution in [0.25, 0.3) is 0 Å². The third-order valence-corrected chi connectivity index (χ3v) is 4.12. The molecule has 5 nitrogen and oxygen atoms in total. The molecule has 0 bridgehead atoms. The molecule has 2 rings (SSSR count). The summed E-state index contributed by atoms with van der Waals surface area (Å²) in [6.07, 6.45) is 0. The van der Waals surface area contributed by atoms with Crippen molar-refractivity contribution in [3.8, 4) is 0 Å². The van der Waals surface area contributed by atoms with Crippen molar-refractivity contribution in [2.24, 2.45) is 0 Å². The third-order valence-electron chi connectivity index (χ3n) is 4.12. The zero-order chi connectivity index (χ0) is 14.1. The summed E-state index contributed by atoms with van der Waals surface area (Å²) in [6, 6.07) is 0. The smallest absolute Gasteiger partial charge is 0.248 e. The zero-order valence-corrected chi connectivity index (χ0v) is 12.7. The van der Waals surface area contributed by atoms with E-state index in [-0.39, 0.29) is 23.7 Å². The molecule has 0 aromatic heterocycles. The minimum absolute atomic E-state index is 0.127. The quantitative estimate of drug-likeness (QED) is 0.801. The molecule has 0 saturated carbocycles. The molecule has 2 aliphatic heterocycles. The molecule has 0 atom stereocenters. The number of hydrogen-bond acceptors (Lipinski definition) is 4. The molecule has 0 radical (unpaired) electrons. The Balaban J connectivity index is 1.73. The minimum atomic E-state index is -0.136. The second kappa shape index (κ2) is 5.38. The van der Waals surface area contributed by atoms with Crippen molar-refractivity contribution in [2.45, 2.75) is 38.8 Å². The number of nitrogens with one attached hydrogen (secondary N) is 1. The van der Waals surface area contributed by atoms with Gasteiger partial charge in [0.1, 0.15) is 6.61 Å². The van der Waals surface area contributed by atoms with Crippen molar-refractivity contribution >= 4 is 5.91 Å². The maximum absolute atomic E-state index is 12.1. The Morgan fingerprint density at radius 2 is 1.79 bits per heavy atom. The molecule has 2 aliphatic rings. The van der Waals surface area contributed by atoms with Crippen molar-refractivity contribution in [1.29, 1.82) is 0 Å². The molecular formula is C14H27N3O2. The van der Waals surface area contributed by atoms with Gasteiger partial charge in [0.05, 0.1) is 5.60 Å². The fourth-order valence-electron chi connectivity index (χ4n) is 2.53. The number of ether oxygens (including phenoxy) is 1. The van der Waals surface area contributed by atoms with Gasteiger partial charge in [-0.1, -0.05) is 0 Å². The summed E-state index contributed by atoms with van der Waals surface area (Å²) in [5.41, 5.74) is 0.0552. The van der Waals surface area contributed by atoms with Crippen LogP contribution in [0, 0.1) is 0 Å². The molecule has 1 N–H and O–H groups in total. The second-order valence-electron chi connectivity index (χ2n) is 6.88. The van der Waals surface area contributed by atoms with Crippen LogP contribution in [0.15, 0.2) is 0 Å². The van der Waals surface area contributed by atoms with Gasteiger partial charge in [0.25, 0.3) is 0 Å². The molecule has 0 spiro atoms. The lowest BCUT2D eigenvalue weighted by Crippen LogP contribution is -2.60. The Bertz CT molecular complexity index is 326. The summed E-state index contributed by atoms with van der Waals surface area (Å²) in [5.74, 6) is 0.127. The number of amides is 1. The van der Waals surface area contributed by atoms with E-state index >= 15 is 0 Å². The Labute approximate surface area is 116 Å². The van der Waals surface area contributed by atoms with Crippen molar-refractivity contribution in [3.63, 3.8) is 0 Å². The topological polar surface area (TPSA) is 44.8 Å². The molecule has 0 aliphatic carbocycles. The van der Waals surface area contributed by atoms with Crippen LogP contribution in [0.3, 0.4) is 0 Å². The Kier molecular flexibility index (Phi) is 4.18. The molecule has 0 aromatic carbocycles. The summed E-state index contributed by atoms with van der Waals surface area (Å²) in [4.78, 5) is 16.5. The third kappa shape index (κ3) is 3.68. The molecular weight excluding hydrogens is 242 g/mol. The normalized spacial score (nSPS) is 24.1. The summed E-state index contributed by atoms with van der Waals surface area (Å²) < 4.78 is 5.71. The van der Waals surface area contributed by atoms with Gasteiger partial charge in [-0.05, 0) is 27.7 Å². The Morgan fingerprint density at radius 1 is 1.21 bits per heavy atom. The molecule has 1 amide bonds. The fraction of sp³-hybridized carbons (Fsp3) is 0.929. The van der Waals surface area contributed by atoms with E-state index in [0.717, 1.165) is 39.3 Å². The first kappa shape index (κ1) is 14.8. The van der Waals surface area contributed by atoms with Gasteiger partial charge < -0.3 is 15.0 Å². The predicted molar refractivity (Wildman–Crippen MR) is 75.1 cm³/mol. The summed E-state index contributed by atoms with van der Waals surface area (Å²) in [7, 11) is 0. The average molecular weight is 269 g/mol. The van der Waals surface area contributed by atoms with Gasteiger partial charge in [0.15, 0.2) is 0 Å². The first-order chi connectivity index (χ1) is 8.80. The molecule has 2 heterocycles. The van der Waals surface area contributed by atoms with E-state index < -0.39 is 0 Å². The lowest BCUT2D eigenvalue weighted by molar-refractivity contribution is -0.148.